The van der Waals surface area contributed by atoms with Crippen LogP contribution in [0.2, 0.25) is 5.02 Å². The predicted octanol–water partition coefficient (Wildman–Crippen LogP) is 3.62. The first kappa shape index (κ1) is 14.8. The van der Waals surface area contributed by atoms with E-state index in [1.807, 2.05) is 6.07 Å². The Morgan fingerprint density at radius 1 is 1.29 bits per heavy atom. The van der Waals surface area contributed by atoms with Crippen LogP contribution in [-0.4, -0.2) is 17.1 Å². The maximum atomic E-state index is 11.8. The maximum Gasteiger partial charge on any atom is 0.338 e. The lowest BCUT2D eigenvalue weighted by Crippen LogP contribution is -2.20. The van der Waals surface area contributed by atoms with Gasteiger partial charge in [0.05, 0.1) is 27.9 Å². The molecular formula is C13H8ClN3O3S. The number of nitrogens with one attached hydrogen (secondary N) is 2. The van der Waals surface area contributed by atoms with Crippen molar-refractivity contribution >= 4 is 45.6 Å². The molecule has 0 aliphatic carbocycles. The minimum absolute atomic E-state index is 0.0149. The lowest BCUT2D eigenvalue weighted by molar-refractivity contribution is 0.0698. The van der Waals surface area contributed by atoms with Crippen LogP contribution in [0.15, 0.2) is 29.6 Å². The summed E-state index contributed by atoms with van der Waals surface area (Å²) in [6.45, 7) is 0. The highest BCUT2D eigenvalue weighted by molar-refractivity contribution is 7.14. The van der Waals surface area contributed by atoms with Crippen molar-refractivity contribution < 1.29 is 14.7 Å². The molecule has 2 aromatic rings. The monoisotopic (exact) mass is 321 g/mol. The van der Waals surface area contributed by atoms with Gasteiger partial charge in [-0.05, 0) is 29.6 Å². The van der Waals surface area contributed by atoms with E-state index in [9.17, 15) is 9.59 Å². The van der Waals surface area contributed by atoms with Crippen molar-refractivity contribution in [1.29, 1.82) is 5.26 Å². The first-order valence-corrected chi connectivity index (χ1v) is 6.85. The Balaban J connectivity index is 2.10. The maximum absolute atomic E-state index is 11.8. The van der Waals surface area contributed by atoms with E-state index >= 15 is 0 Å². The smallest absolute Gasteiger partial charge is 0.338 e. The molecule has 0 unspecified atom stereocenters. The van der Waals surface area contributed by atoms with E-state index in [4.69, 9.17) is 22.0 Å². The number of benzene rings is 1. The predicted molar refractivity (Wildman–Crippen MR) is 80.1 cm³/mol. The molecule has 8 heteroatoms. The third-order valence-electron chi connectivity index (χ3n) is 2.47. The minimum atomic E-state index is -1.12. The van der Waals surface area contributed by atoms with Crippen molar-refractivity contribution in [1.82, 2.24) is 0 Å². The molecule has 0 saturated heterocycles. The number of carboxylic acids is 1. The number of anilines is 2. The molecule has 0 bridgehead atoms. The fraction of sp³-hybridized carbons (Fsp3) is 0. The molecular weight excluding hydrogens is 314 g/mol. The Hall–Kier alpha value is -2.56. The second-order valence-electron chi connectivity index (χ2n) is 3.85. The van der Waals surface area contributed by atoms with Crippen molar-refractivity contribution in [2.45, 2.75) is 0 Å². The molecule has 0 saturated carbocycles. The van der Waals surface area contributed by atoms with Gasteiger partial charge < -0.3 is 10.4 Å². The molecule has 106 valence electrons. The summed E-state index contributed by atoms with van der Waals surface area (Å²) >= 11 is 7.03. The molecule has 0 aliphatic rings. The molecule has 0 radical (unpaired) electrons. The SMILES string of the molecule is N#Cc1ccc(NC(=O)Nc2sccc2C(=O)O)c(Cl)c1. The minimum Gasteiger partial charge on any atom is -0.478 e. The first-order chi connectivity index (χ1) is 10.0. The van der Waals surface area contributed by atoms with Gasteiger partial charge in [-0.3, -0.25) is 5.32 Å². The number of amides is 2. The third kappa shape index (κ3) is 3.51. The van der Waals surface area contributed by atoms with Crippen molar-refractivity contribution in [3.8, 4) is 6.07 Å². The molecule has 3 N–H and O–H groups in total. The molecule has 21 heavy (non-hydrogen) atoms. The standard InChI is InChI=1S/C13H8ClN3O3S/c14-9-5-7(6-15)1-2-10(9)16-13(20)17-11-8(12(18)19)3-4-21-11/h1-5H,(H,18,19)(H2,16,17,20). The number of urea groups is 1. The Bertz CT molecular complexity index is 751. The van der Waals surface area contributed by atoms with Crippen molar-refractivity contribution in [2.24, 2.45) is 0 Å². The number of aromatic carboxylic acids is 1. The number of nitrogens with zero attached hydrogens (tertiary/aromatic N) is 1. The van der Waals surface area contributed by atoms with Crippen LogP contribution < -0.4 is 10.6 Å². The highest BCUT2D eigenvalue weighted by Gasteiger charge is 2.14. The second-order valence-corrected chi connectivity index (χ2v) is 5.18. The summed E-state index contributed by atoms with van der Waals surface area (Å²) in [6, 6.07) is 7.13. The van der Waals surface area contributed by atoms with Gasteiger partial charge in [0.25, 0.3) is 0 Å². The first-order valence-electron chi connectivity index (χ1n) is 5.59. The number of carbonyl (C=O) groups excluding carboxylic acids is 1. The fourth-order valence-electron chi connectivity index (χ4n) is 1.52. The van der Waals surface area contributed by atoms with E-state index < -0.39 is 12.0 Å². The van der Waals surface area contributed by atoms with E-state index in [1.54, 1.807) is 5.38 Å². The quantitative estimate of drug-likeness (QED) is 0.803. The topological polar surface area (TPSA) is 102 Å². The van der Waals surface area contributed by atoms with Crippen LogP contribution in [-0.2, 0) is 0 Å². The van der Waals surface area contributed by atoms with Crippen LogP contribution >= 0.6 is 22.9 Å². The Morgan fingerprint density at radius 3 is 2.67 bits per heavy atom. The molecule has 0 fully saturated rings. The molecule has 0 spiro atoms. The van der Waals surface area contributed by atoms with Gasteiger partial charge in [0, 0.05) is 0 Å². The summed E-state index contributed by atoms with van der Waals surface area (Å²) in [4.78, 5) is 22.8. The average Bonchev–Trinajstić information content (AvgIpc) is 2.89. The largest absolute Gasteiger partial charge is 0.478 e. The van der Waals surface area contributed by atoms with Gasteiger partial charge in [-0.1, -0.05) is 11.6 Å². The fourth-order valence-corrected chi connectivity index (χ4v) is 2.52. The number of hydrogen-bond acceptors (Lipinski definition) is 4. The van der Waals surface area contributed by atoms with Crippen LogP contribution in [0.4, 0.5) is 15.5 Å². The summed E-state index contributed by atoms with van der Waals surface area (Å²) in [6.07, 6.45) is 0. The van der Waals surface area contributed by atoms with Gasteiger partial charge in [0.2, 0.25) is 0 Å². The Morgan fingerprint density at radius 2 is 2.05 bits per heavy atom. The van der Waals surface area contributed by atoms with Crippen LogP contribution in [0.3, 0.4) is 0 Å². The van der Waals surface area contributed by atoms with E-state index in [0.717, 1.165) is 11.3 Å². The Kier molecular flexibility index (Phi) is 4.42. The molecule has 1 heterocycles. The normalized spacial score (nSPS) is 9.71. The van der Waals surface area contributed by atoms with Crippen molar-refractivity contribution in [3.63, 3.8) is 0 Å². The summed E-state index contributed by atoms with van der Waals surface area (Å²) < 4.78 is 0. The van der Waals surface area contributed by atoms with Crippen molar-refractivity contribution in [2.75, 3.05) is 10.6 Å². The third-order valence-corrected chi connectivity index (χ3v) is 3.61. The number of nitriles is 1. The zero-order valence-electron chi connectivity index (χ0n) is 10.4. The number of rotatable bonds is 3. The molecule has 1 aromatic carbocycles. The van der Waals surface area contributed by atoms with Gasteiger partial charge in [0.15, 0.2) is 0 Å². The van der Waals surface area contributed by atoms with Crippen LogP contribution in [0.1, 0.15) is 15.9 Å². The zero-order valence-corrected chi connectivity index (χ0v) is 12.0. The lowest BCUT2D eigenvalue weighted by Gasteiger charge is -2.08. The summed E-state index contributed by atoms with van der Waals surface area (Å²) in [5.74, 6) is -1.12. The highest BCUT2D eigenvalue weighted by Crippen LogP contribution is 2.25. The van der Waals surface area contributed by atoms with Gasteiger partial charge in [-0.25, -0.2) is 9.59 Å². The molecule has 0 atom stereocenters. The number of carboxylic acid groups (broad SMARTS) is 1. The molecule has 2 rings (SSSR count). The summed E-state index contributed by atoms with van der Waals surface area (Å²) in [7, 11) is 0. The van der Waals surface area contributed by atoms with Crippen LogP contribution in [0, 0.1) is 11.3 Å². The van der Waals surface area contributed by atoms with Gasteiger partial charge in [-0.15, -0.1) is 11.3 Å². The highest BCUT2D eigenvalue weighted by atomic mass is 35.5. The van der Waals surface area contributed by atoms with Crippen LogP contribution in [0.25, 0.3) is 0 Å². The van der Waals surface area contributed by atoms with Gasteiger partial charge in [-0.2, -0.15) is 5.26 Å². The second kappa shape index (κ2) is 6.26. The molecule has 2 amide bonds. The molecule has 1 aromatic heterocycles. The zero-order chi connectivity index (χ0) is 15.4. The lowest BCUT2D eigenvalue weighted by atomic mass is 10.2. The Labute approximate surface area is 128 Å². The molecule has 0 aliphatic heterocycles. The van der Waals surface area contributed by atoms with Gasteiger partial charge in [0.1, 0.15) is 5.00 Å². The summed E-state index contributed by atoms with van der Waals surface area (Å²) in [5, 5.41) is 24.6. The van der Waals surface area contributed by atoms with E-state index in [-0.39, 0.29) is 15.6 Å². The summed E-state index contributed by atoms with van der Waals surface area (Å²) in [5.41, 5.74) is 0.708. The number of hydrogen-bond donors (Lipinski definition) is 3. The van der Waals surface area contributed by atoms with E-state index in [1.165, 1.54) is 24.3 Å². The average molecular weight is 322 g/mol. The van der Waals surface area contributed by atoms with E-state index in [0.29, 0.717) is 11.3 Å². The number of halogens is 1. The van der Waals surface area contributed by atoms with E-state index in [2.05, 4.69) is 10.6 Å². The number of thiophene rings is 1. The van der Waals surface area contributed by atoms with Crippen LogP contribution in [0.5, 0.6) is 0 Å². The molecule has 6 nitrogen and oxygen atoms in total. The van der Waals surface area contributed by atoms with Crippen molar-refractivity contribution in [3.05, 3.63) is 45.8 Å². The number of carbonyl (C=O) groups is 2. The van der Waals surface area contributed by atoms with Gasteiger partial charge >= 0.3 is 12.0 Å².